The molecule has 0 spiro atoms. The smallest absolute Gasteiger partial charge is 0.410 e. The van der Waals surface area contributed by atoms with Crippen LogP contribution >= 0.6 is 0 Å². The molecule has 0 radical (unpaired) electrons. The van der Waals surface area contributed by atoms with Crippen LogP contribution in [-0.4, -0.2) is 90.0 Å². The van der Waals surface area contributed by atoms with E-state index in [1.54, 1.807) is 22.2 Å². The van der Waals surface area contributed by atoms with E-state index in [1.807, 2.05) is 84.9 Å². The number of amides is 3. The summed E-state index contributed by atoms with van der Waals surface area (Å²) in [6, 6.07) is 22.1. The van der Waals surface area contributed by atoms with E-state index in [1.165, 1.54) is 7.11 Å². The second-order valence-corrected chi connectivity index (χ2v) is 14.3. The summed E-state index contributed by atoms with van der Waals surface area (Å²) in [4.78, 5) is 50.2. The van der Waals surface area contributed by atoms with Crippen LogP contribution in [0.25, 0.3) is 28.1 Å². The first-order valence-corrected chi connectivity index (χ1v) is 19.5. The van der Waals surface area contributed by atoms with Gasteiger partial charge in [0.05, 0.1) is 50.0 Å². The highest BCUT2D eigenvalue weighted by molar-refractivity contribution is 5.86. The normalized spacial score (nSPS) is 20.3. The van der Waals surface area contributed by atoms with E-state index < -0.39 is 12.1 Å². The Balaban J connectivity index is 1.03. The molecule has 3 aromatic carbocycles. The Morgan fingerprint density at radius 1 is 1.02 bits per heavy atom. The highest BCUT2D eigenvalue weighted by Crippen LogP contribution is 2.37. The Kier molecular flexibility index (Phi) is 12.7. The van der Waals surface area contributed by atoms with Gasteiger partial charge in [-0.1, -0.05) is 73.3 Å². The van der Waals surface area contributed by atoms with Crippen LogP contribution in [0, 0.1) is 0 Å². The predicted molar refractivity (Wildman–Crippen MR) is 219 cm³/mol. The lowest BCUT2D eigenvalue weighted by molar-refractivity contribution is -0.135. The number of fused-ring (bicyclic) bond motifs is 6. The van der Waals surface area contributed by atoms with Crippen LogP contribution in [0.4, 0.5) is 9.59 Å². The summed E-state index contributed by atoms with van der Waals surface area (Å²) in [5.74, 6) is 1.06. The average molecular weight is 788 g/mol. The molecular weight excluding hydrogens is 739 g/mol. The lowest BCUT2D eigenvalue weighted by Crippen LogP contribution is -2.50. The van der Waals surface area contributed by atoms with Gasteiger partial charge in [0.1, 0.15) is 30.8 Å². The molecule has 3 aliphatic rings. The van der Waals surface area contributed by atoms with E-state index in [4.69, 9.17) is 29.7 Å². The number of ether oxygens (including phenoxy) is 4. The summed E-state index contributed by atoms with van der Waals surface area (Å²) in [5, 5.41) is 5.84. The van der Waals surface area contributed by atoms with E-state index in [0.717, 1.165) is 59.2 Å². The molecule has 5 N–H and O–H groups in total. The minimum Gasteiger partial charge on any atom is -0.489 e. The molecule has 2 fully saturated rings. The molecule has 3 aliphatic heterocycles. The molecule has 14 heteroatoms. The second kappa shape index (κ2) is 18.6. The van der Waals surface area contributed by atoms with Gasteiger partial charge in [-0.2, -0.15) is 0 Å². The van der Waals surface area contributed by atoms with Gasteiger partial charge in [-0.25, -0.2) is 14.6 Å². The number of nitrogens with two attached hydrogens (primary N) is 1. The van der Waals surface area contributed by atoms with Crippen molar-refractivity contribution in [2.75, 3.05) is 40.0 Å². The molecule has 2 saturated heterocycles. The van der Waals surface area contributed by atoms with E-state index in [0.29, 0.717) is 36.1 Å². The van der Waals surface area contributed by atoms with Crippen molar-refractivity contribution in [3.8, 4) is 28.1 Å². The van der Waals surface area contributed by atoms with Gasteiger partial charge in [0.25, 0.3) is 0 Å². The molecule has 58 heavy (non-hydrogen) atoms. The zero-order valence-electron chi connectivity index (χ0n) is 32.5. The van der Waals surface area contributed by atoms with Crippen molar-refractivity contribution in [2.45, 2.75) is 50.4 Å². The first-order valence-electron chi connectivity index (χ1n) is 19.5. The van der Waals surface area contributed by atoms with Crippen molar-refractivity contribution >= 4 is 23.8 Å². The van der Waals surface area contributed by atoms with Gasteiger partial charge >= 0.3 is 12.2 Å². The van der Waals surface area contributed by atoms with Crippen LogP contribution in [0.3, 0.4) is 0 Å². The minimum absolute atomic E-state index is 0.0168. The number of H-pyrrole nitrogens is 1. The van der Waals surface area contributed by atoms with Gasteiger partial charge in [0.2, 0.25) is 5.91 Å². The maximum atomic E-state index is 13.7. The molecule has 0 saturated carbocycles. The molecule has 0 aliphatic carbocycles. The number of nitrogens with one attached hydrogen (secondary N) is 3. The van der Waals surface area contributed by atoms with Crippen molar-refractivity contribution in [1.29, 1.82) is 0 Å². The van der Waals surface area contributed by atoms with Crippen molar-refractivity contribution in [3.63, 3.8) is 0 Å². The van der Waals surface area contributed by atoms with Crippen molar-refractivity contribution in [1.82, 2.24) is 30.4 Å². The lowest BCUT2D eigenvalue weighted by Gasteiger charge is -2.28. The number of benzene rings is 3. The molecule has 4 heterocycles. The molecule has 7 rings (SSSR count). The van der Waals surface area contributed by atoms with Gasteiger partial charge in [0, 0.05) is 30.5 Å². The zero-order valence-corrected chi connectivity index (χ0v) is 32.5. The third-order valence-electron chi connectivity index (χ3n) is 10.6. The molecule has 3 amide bonds. The van der Waals surface area contributed by atoms with E-state index >= 15 is 0 Å². The Morgan fingerprint density at radius 2 is 1.79 bits per heavy atom. The van der Waals surface area contributed by atoms with E-state index in [2.05, 4.69) is 22.2 Å². The molecular formula is C44H49N7O7. The van der Waals surface area contributed by atoms with Crippen LogP contribution in [-0.2, 0) is 25.6 Å². The number of rotatable bonds is 8. The first-order chi connectivity index (χ1) is 28.3. The minimum atomic E-state index is -0.907. The number of hydrogen-bond acceptors (Lipinski definition) is 10. The van der Waals surface area contributed by atoms with Crippen LogP contribution in [0.2, 0.25) is 0 Å². The lowest BCUT2D eigenvalue weighted by atomic mass is 10.00. The Bertz CT molecular complexity index is 2150. The summed E-state index contributed by atoms with van der Waals surface area (Å²) >= 11 is 0. The van der Waals surface area contributed by atoms with Gasteiger partial charge in [-0.05, 0) is 66.1 Å². The zero-order chi connectivity index (χ0) is 40.4. The topological polar surface area (TPSA) is 173 Å². The maximum Gasteiger partial charge on any atom is 0.410 e. The molecule has 302 valence electrons. The van der Waals surface area contributed by atoms with Crippen LogP contribution in [0.5, 0.6) is 5.75 Å². The van der Waals surface area contributed by atoms with Crippen LogP contribution in [0.1, 0.15) is 48.7 Å². The fraction of sp³-hybridized carbons (Fsp3) is 0.318. The molecule has 1 aromatic heterocycles. The highest BCUT2D eigenvalue weighted by Gasteiger charge is 2.37. The third-order valence-corrected chi connectivity index (χ3v) is 10.6. The van der Waals surface area contributed by atoms with Gasteiger partial charge in [-0.15, -0.1) is 0 Å². The Labute approximate surface area is 337 Å². The summed E-state index contributed by atoms with van der Waals surface area (Å²) in [7, 11) is 1.26. The maximum absolute atomic E-state index is 13.7. The monoisotopic (exact) mass is 787 g/mol. The number of aromatic nitrogens is 2. The van der Waals surface area contributed by atoms with E-state index in [9.17, 15) is 14.4 Å². The number of imidazole rings is 1. The molecule has 14 nitrogen and oxygen atoms in total. The van der Waals surface area contributed by atoms with Gasteiger partial charge < -0.3 is 45.2 Å². The highest BCUT2D eigenvalue weighted by atomic mass is 16.6. The fourth-order valence-corrected chi connectivity index (χ4v) is 7.46. The van der Waals surface area contributed by atoms with Crippen LogP contribution in [0.15, 0.2) is 110 Å². The fourth-order valence-electron chi connectivity index (χ4n) is 7.46. The van der Waals surface area contributed by atoms with Crippen molar-refractivity contribution in [3.05, 3.63) is 127 Å². The molecule has 4 aromatic rings. The number of nitrogens with zero attached hydrogens (tertiary/aromatic N) is 3. The summed E-state index contributed by atoms with van der Waals surface area (Å²) in [5.41, 5.74) is 12.9. The summed E-state index contributed by atoms with van der Waals surface area (Å²) < 4.78 is 22.4. The first kappa shape index (κ1) is 39.7. The number of aromatic amines is 1. The predicted octanol–water partition coefficient (Wildman–Crippen LogP) is 6.26. The van der Waals surface area contributed by atoms with Crippen LogP contribution < -0.4 is 21.1 Å². The second-order valence-electron chi connectivity index (χ2n) is 14.3. The van der Waals surface area contributed by atoms with Gasteiger partial charge in [-0.3, -0.25) is 9.69 Å². The largest absolute Gasteiger partial charge is 0.489 e. The number of alkyl carbamates (subject to hydrolysis) is 1. The average Bonchev–Trinajstić information content (AvgIpc) is 4.06. The SMILES string of the molecule is C=C(N/C=C(\N)c1ccc(-c2ccc3c(c2)OC/C=C\COCC(NC(=O)OC)C(=O)N2CCCC2c2ncc-3[nH]2)cc1)C1CCCN1C(=O)OCc1ccccc1. The summed E-state index contributed by atoms with van der Waals surface area (Å²) in [6.45, 7) is 6.03. The Morgan fingerprint density at radius 3 is 2.60 bits per heavy atom. The van der Waals surface area contributed by atoms with E-state index in [-0.39, 0.29) is 50.5 Å². The molecule has 2 bridgehead atoms. The standard InChI is InChI=1S/C44H49N7O7/c1-29(38-12-8-21-51(38)44(54)58-27-30-10-4-3-5-11-30)46-25-35(45)32-16-14-31(15-17-32)33-18-19-34-36-26-47-41(48-36)39-13-9-20-50(39)42(52)37(49-43(53)55-2)28-56-22-6-7-23-57-40(34)24-33/h3-7,10-11,14-19,24-26,37-39,46H,1,8-9,12-13,20-23,27-28,45H2,2H3,(H,47,48)(H,49,53)/b7-6-,35-25-. The number of hydrogen-bond donors (Lipinski definition) is 4. The van der Waals surface area contributed by atoms with Crippen molar-refractivity contribution in [2.24, 2.45) is 5.73 Å². The quantitative estimate of drug-likeness (QED) is 0.149. The number of carbonyl (C=O) groups excluding carboxylic acids is 3. The number of methoxy groups -OCH3 is 1. The molecule has 3 atom stereocenters. The molecule has 3 unspecified atom stereocenters. The third kappa shape index (κ3) is 9.35. The number of carbonyl (C=O) groups is 3. The Hall–Kier alpha value is -6.54. The number of likely N-dealkylation sites (tertiary alicyclic amines) is 1. The summed E-state index contributed by atoms with van der Waals surface area (Å²) in [6.07, 6.45) is 9.22. The van der Waals surface area contributed by atoms with Crippen molar-refractivity contribution < 1.29 is 33.3 Å². The van der Waals surface area contributed by atoms with Gasteiger partial charge in [0.15, 0.2) is 0 Å².